The minimum atomic E-state index is 0.675. The van der Waals surface area contributed by atoms with Crippen LogP contribution in [-0.2, 0) is 0 Å². The molecule has 0 saturated carbocycles. The third-order valence-corrected chi connectivity index (χ3v) is 1.32. The van der Waals surface area contributed by atoms with Gasteiger partial charge in [0.1, 0.15) is 0 Å². The average Bonchev–Trinajstić information content (AvgIpc) is 1.96. The minimum Gasteiger partial charge on any atom is -0.313 e. The van der Waals surface area contributed by atoms with Crippen LogP contribution in [0.25, 0.3) is 0 Å². The van der Waals surface area contributed by atoms with E-state index in [1.807, 2.05) is 6.92 Å². The van der Waals surface area contributed by atoms with Gasteiger partial charge >= 0.3 is 0 Å². The second-order valence-corrected chi connectivity index (χ2v) is 2.75. The van der Waals surface area contributed by atoms with E-state index in [2.05, 4.69) is 18.0 Å². The predicted molar refractivity (Wildman–Crippen MR) is 47.1 cm³/mol. The molecule has 0 unspecified atom stereocenters. The Kier molecular flexibility index (Phi) is 6.76. The van der Waals surface area contributed by atoms with Crippen molar-refractivity contribution in [3.05, 3.63) is 12.2 Å². The zero-order valence-electron chi connectivity index (χ0n) is 7.19. The molecule has 0 aliphatic heterocycles. The number of rotatable bonds is 6. The Hall–Kier alpha value is -0.810. The van der Waals surface area contributed by atoms with Crippen molar-refractivity contribution in [1.29, 1.82) is 5.26 Å². The van der Waals surface area contributed by atoms with Crippen LogP contribution in [0, 0.1) is 11.3 Å². The van der Waals surface area contributed by atoms with E-state index in [9.17, 15) is 0 Å². The lowest BCUT2D eigenvalue weighted by Crippen LogP contribution is -2.16. The van der Waals surface area contributed by atoms with Crippen molar-refractivity contribution in [2.75, 3.05) is 13.1 Å². The Morgan fingerprint density at radius 2 is 2.27 bits per heavy atom. The van der Waals surface area contributed by atoms with Gasteiger partial charge in [-0.15, -0.1) is 0 Å². The summed E-state index contributed by atoms with van der Waals surface area (Å²) < 4.78 is 0. The molecule has 0 amide bonds. The summed E-state index contributed by atoms with van der Waals surface area (Å²) in [6, 6.07) is 2.12. The predicted octanol–water partition coefficient (Wildman–Crippen LogP) is 1.85. The first-order valence-electron chi connectivity index (χ1n) is 3.99. The van der Waals surface area contributed by atoms with Gasteiger partial charge in [-0.3, -0.25) is 0 Å². The van der Waals surface area contributed by atoms with Gasteiger partial charge in [-0.25, -0.2) is 0 Å². The topological polar surface area (TPSA) is 35.8 Å². The molecular formula is C9H16N2. The Bertz CT molecular complexity index is 144. The van der Waals surface area contributed by atoms with Crippen LogP contribution in [0.2, 0.25) is 0 Å². The first kappa shape index (κ1) is 10.2. The van der Waals surface area contributed by atoms with E-state index in [1.54, 1.807) is 0 Å². The van der Waals surface area contributed by atoms with Gasteiger partial charge < -0.3 is 5.32 Å². The molecule has 0 fully saturated rings. The molecule has 11 heavy (non-hydrogen) atoms. The van der Waals surface area contributed by atoms with Crippen LogP contribution in [0.3, 0.4) is 0 Å². The summed E-state index contributed by atoms with van der Waals surface area (Å²) in [6.45, 7) is 7.67. The van der Waals surface area contributed by atoms with Gasteiger partial charge in [-0.05, 0) is 26.3 Å². The normalized spacial score (nSPS) is 9.09. The molecule has 0 aromatic rings. The number of hydrogen-bond acceptors (Lipinski definition) is 2. The third-order valence-electron chi connectivity index (χ3n) is 1.32. The van der Waals surface area contributed by atoms with Gasteiger partial charge in [0.2, 0.25) is 0 Å². The molecule has 2 nitrogen and oxygen atoms in total. The maximum atomic E-state index is 8.23. The first-order valence-corrected chi connectivity index (χ1v) is 3.99. The van der Waals surface area contributed by atoms with Crippen LogP contribution in [0.5, 0.6) is 0 Å². The Morgan fingerprint density at radius 1 is 1.55 bits per heavy atom. The van der Waals surface area contributed by atoms with Crippen molar-refractivity contribution in [3.8, 4) is 6.07 Å². The van der Waals surface area contributed by atoms with Crippen LogP contribution in [0.1, 0.15) is 26.2 Å². The van der Waals surface area contributed by atoms with Crippen LogP contribution in [0.15, 0.2) is 12.2 Å². The van der Waals surface area contributed by atoms with E-state index in [1.165, 1.54) is 0 Å². The van der Waals surface area contributed by atoms with Crippen molar-refractivity contribution in [2.24, 2.45) is 0 Å². The fourth-order valence-electron chi connectivity index (χ4n) is 0.756. The zero-order valence-corrected chi connectivity index (χ0v) is 7.19. The molecule has 0 atom stereocenters. The van der Waals surface area contributed by atoms with E-state index >= 15 is 0 Å². The molecule has 0 aromatic heterocycles. The highest BCUT2D eigenvalue weighted by Crippen LogP contribution is 1.91. The second kappa shape index (κ2) is 7.30. The van der Waals surface area contributed by atoms with Gasteiger partial charge in [-0.1, -0.05) is 12.2 Å². The summed E-state index contributed by atoms with van der Waals surface area (Å²) >= 11 is 0. The molecule has 0 aromatic carbocycles. The molecule has 1 N–H and O–H groups in total. The number of nitrogens with zero attached hydrogens (tertiary/aromatic N) is 1. The number of unbranched alkanes of at least 4 members (excludes halogenated alkanes) is 2. The molecule has 0 saturated heterocycles. The lowest BCUT2D eigenvalue weighted by molar-refractivity contribution is 0.655. The molecule has 0 radical (unpaired) electrons. The highest BCUT2D eigenvalue weighted by atomic mass is 14.8. The number of hydrogen-bond donors (Lipinski definition) is 1. The molecule has 0 rings (SSSR count). The van der Waals surface area contributed by atoms with Crippen molar-refractivity contribution in [3.63, 3.8) is 0 Å². The standard InChI is InChI=1S/C9H16N2/c1-9(2)8-11-7-5-3-4-6-10/h11H,1,3-5,7-8H2,2H3. The van der Waals surface area contributed by atoms with Gasteiger partial charge in [0.05, 0.1) is 6.07 Å². The lowest BCUT2D eigenvalue weighted by Gasteiger charge is -2.01. The second-order valence-electron chi connectivity index (χ2n) is 2.75. The summed E-state index contributed by atoms with van der Waals surface area (Å²) in [5, 5.41) is 11.5. The molecule has 0 spiro atoms. The fraction of sp³-hybridized carbons (Fsp3) is 0.667. The largest absolute Gasteiger partial charge is 0.313 e. The van der Waals surface area contributed by atoms with Crippen molar-refractivity contribution < 1.29 is 0 Å². The SMILES string of the molecule is C=C(C)CNCCCCC#N. The highest BCUT2D eigenvalue weighted by Gasteiger charge is 1.87. The number of nitrogens with one attached hydrogen (secondary N) is 1. The van der Waals surface area contributed by atoms with E-state index < -0.39 is 0 Å². The molecule has 0 aliphatic carbocycles. The molecule has 0 aliphatic rings. The number of nitriles is 1. The van der Waals surface area contributed by atoms with Crippen LogP contribution < -0.4 is 5.32 Å². The minimum absolute atomic E-state index is 0.675. The zero-order chi connectivity index (χ0) is 8.53. The quantitative estimate of drug-likeness (QED) is 0.465. The van der Waals surface area contributed by atoms with Gasteiger partial charge in [0.15, 0.2) is 0 Å². The summed E-state index contributed by atoms with van der Waals surface area (Å²) in [6.07, 6.45) is 2.76. The Morgan fingerprint density at radius 3 is 2.82 bits per heavy atom. The van der Waals surface area contributed by atoms with Crippen LogP contribution in [-0.4, -0.2) is 13.1 Å². The third kappa shape index (κ3) is 9.19. The summed E-state index contributed by atoms with van der Waals surface area (Å²) in [7, 11) is 0. The summed E-state index contributed by atoms with van der Waals surface area (Å²) in [5.41, 5.74) is 1.16. The van der Waals surface area contributed by atoms with Gasteiger partial charge in [-0.2, -0.15) is 5.26 Å². The van der Waals surface area contributed by atoms with Crippen molar-refractivity contribution >= 4 is 0 Å². The maximum Gasteiger partial charge on any atom is 0.0621 e. The Labute approximate surface area is 68.9 Å². The highest BCUT2D eigenvalue weighted by molar-refractivity contribution is 4.90. The maximum absolute atomic E-state index is 8.23. The van der Waals surface area contributed by atoms with Crippen LogP contribution >= 0.6 is 0 Å². The lowest BCUT2D eigenvalue weighted by atomic mass is 10.2. The van der Waals surface area contributed by atoms with E-state index in [0.29, 0.717) is 6.42 Å². The molecular weight excluding hydrogens is 136 g/mol. The van der Waals surface area contributed by atoms with E-state index in [4.69, 9.17) is 5.26 Å². The molecule has 2 heteroatoms. The molecule has 0 heterocycles. The summed E-state index contributed by atoms with van der Waals surface area (Å²) in [5.74, 6) is 0. The Balaban J connectivity index is 2.92. The molecule has 0 bridgehead atoms. The average molecular weight is 152 g/mol. The van der Waals surface area contributed by atoms with Crippen molar-refractivity contribution in [2.45, 2.75) is 26.2 Å². The van der Waals surface area contributed by atoms with E-state index in [-0.39, 0.29) is 0 Å². The first-order chi connectivity index (χ1) is 5.27. The van der Waals surface area contributed by atoms with Gasteiger partial charge in [0, 0.05) is 13.0 Å². The van der Waals surface area contributed by atoms with E-state index in [0.717, 1.165) is 31.5 Å². The summed E-state index contributed by atoms with van der Waals surface area (Å²) in [4.78, 5) is 0. The van der Waals surface area contributed by atoms with Crippen molar-refractivity contribution in [1.82, 2.24) is 5.32 Å². The smallest absolute Gasteiger partial charge is 0.0621 e. The molecule has 62 valence electrons. The fourth-order valence-corrected chi connectivity index (χ4v) is 0.756. The monoisotopic (exact) mass is 152 g/mol. The van der Waals surface area contributed by atoms with Crippen LogP contribution in [0.4, 0.5) is 0 Å². The van der Waals surface area contributed by atoms with Gasteiger partial charge in [0.25, 0.3) is 0 Å².